The Kier molecular flexibility index (Phi) is 6.86. The molecular formula is C17H24ClN3O2. The van der Waals surface area contributed by atoms with Gasteiger partial charge in [-0.25, -0.2) is 9.97 Å². The lowest BCUT2D eigenvalue weighted by Gasteiger charge is -2.22. The molecule has 1 aromatic carbocycles. The van der Waals surface area contributed by atoms with Crippen molar-refractivity contribution in [3.05, 3.63) is 24.3 Å². The zero-order chi connectivity index (χ0) is 15.2. The first-order chi connectivity index (χ1) is 10.9. The monoisotopic (exact) mass is 337 g/mol. The molecule has 0 saturated carbocycles. The topological polar surface area (TPSA) is 56.3 Å². The van der Waals surface area contributed by atoms with E-state index in [1.807, 2.05) is 24.3 Å². The molecule has 0 spiro atoms. The van der Waals surface area contributed by atoms with Crippen molar-refractivity contribution in [2.24, 2.45) is 5.92 Å². The van der Waals surface area contributed by atoms with Crippen LogP contribution < -0.4 is 14.8 Å². The lowest BCUT2D eigenvalue weighted by molar-refractivity contribution is 0.252. The number of hydrogen-bond donors (Lipinski definition) is 1. The number of methoxy groups -OCH3 is 1. The van der Waals surface area contributed by atoms with Crippen LogP contribution >= 0.6 is 12.4 Å². The molecule has 5 nitrogen and oxygen atoms in total. The molecule has 0 unspecified atom stereocenters. The highest BCUT2D eigenvalue weighted by atomic mass is 35.5. The molecule has 126 valence electrons. The number of para-hydroxylation sites is 2. The second-order valence-corrected chi connectivity index (χ2v) is 5.71. The minimum Gasteiger partial charge on any atom is -0.477 e. The van der Waals surface area contributed by atoms with Crippen LogP contribution in [0.2, 0.25) is 0 Å². The largest absolute Gasteiger partial charge is 0.477 e. The zero-order valence-corrected chi connectivity index (χ0v) is 14.3. The van der Waals surface area contributed by atoms with Crippen LogP contribution in [0.15, 0.2) is 24.3 Å². The Morgan fingerprint density at radius 1 is 1.09 bits per heavy atom. The van der Waals surface area contributed by atoms with E-state index in [2.05, 4.69) is 15.3 Å². The molecule has 1 fully saturated rings. The number of ether oxygens (including phenoxy) is 2. The van der Waals surface area contributed by atoms with Crippen molar-refractivity contribution < 1.29 is 9.47 Å². The molecule has 2 heterocycles. The number of hydrogen-bond acceptors (Lipinski definition) is 5. The molecule has 2 aromatic rings. The number of nitrogens with zero attached hydrogens (tertiary/aromatic N) is 2. The average Bonchev–Trinajstić information content (AvgIpc) is 2.59. The third kappa shape index (κ3) is 4.69. The standard InChI is InChI=1S/C17H23N3O2.ClH/c1-21-16-17(20-15-7-3-2-6-14(15)19-16)22-12-4-5-13-8-10-18-11-9-13;/h2-3,6-7,13,18H,4-5,8-12H2,1H3;1H. The van der Waals surface area contributed by atoms with Gasteiger partial charge in [0.05, 0.1) is 24.8 Å². The van der Waals surface area contributed by atoms with Gasteiger partial charge in [-0.3, -0.25) is 0 Å². The van der Waals surface area contributed by atoms with E-state index in [4.69, 9.17) is 9.47 Å². The van der Waals surface area contributed by atoms with Crippen molar-refractivity contribution in [3.63, 3.8) is 0 Å². The fraction of sp³-hybridized carbons (Fsp3) is 0.529. The number of benzene rings is 1. The van der Waals surface area contributed by atoms with Gasteiger partial charge in [0.25, 0.3) is 11.8 Å². The minimum absolute atomic E-state index is 0. The number of aromatic nitrogens is 2. The number of rotatable bonds is 6. The Hall–Kier alpha value is -1.59. The second-order valence-electron chi connectivity index (χ2n) is 5.71. The van der Waals surface area contributed by atoms with E-state index in [0.29, 0.717) is 18.4 Å². The van der Waals surface area contributed by atoms with E-state index >= 15 is 0 Å². The summed E-state index contributed by atoms with van der Waals surface area (Å²) in [5.41, 5.74) is 1.65. The molecule has 0 atom stereocenters. The van der Waals surface area contributed by atoms with Crippen LogP contribution in [0.1, 0.15) is 25.7 Å². The van der Waals surface area contributed by atoms with Crippen LogP contribution in [-0.2, 0) is 0 Å². The molecule has 3 rings (SSSR count). The van der Waals surface area contributed by atoms with Crippen LogP contribution in [-0.4, -0.2) is 36.8 Å². The SMILES string of the molecule is COc1nc2ccccc2nc1OCCCC1CCNCC1.Cl. The van der Waals surface area contributed by atoms with E-state index in [1.165, 1.54) is 19.3 Å². The van der Waals surface area contributed by atoms with E-state index in [1.54, 1.807) is 7.11 Å². The van der Waals surface area contributed by atoms with Crippen LogP contribution in [0.3, 0.4) is 0 Å². The highest BCUT2D eigenvalue weighted by Crippen LogP contribution is 2.25. The highest BCUT2D eigenvalue weighted by molar-refractivity contribution is 5.85. The third-order valence-corrected chi connectivity index (χ3v) is 4.16. The Morgan fingerprint density at radius 2 is 1.74 bits per heavy atom. The van der Waals surface area contributed by atoms with Crippen molar-refractivity contribution in [2.45, 2.75) is 25.7 Å². The lowest BCUT2D eigenvalue weighted by atomic mass is 9.93. The first kappa shape index (κ1) is 17.8. The fourth-order valence-electron chi connectivity index (χ4n) is 2.91. The van der Waals surface area contributed by atoms with E-state index in [9.17, 15) is 0 Å². The molecule has 0 radical (unpaired) electrons. The summed E-state index contributed by atoms with van der Waals surface area (Å²) in [4.78, 5) is 8.95. The molecule has 0 amide bonds. The summed E-state index contributed by atoms with van der Waals surface area (Å²) in [6.45, 7) is 2.96. The quantitative estimate of drug-likeness (QED) is 0.820. The van der Waals surface area contributed by atoms with Gasteiger partial charge in [0.2, 0.25) is 0 Å². The van der Waals surface area contributed by atoms with Crippen molar-refractivity contribution in [2.75, 3.05) is 26.8 Å². The van der Waals surface area contributed by atoms with Gasteiger partial charge in [-0.15, -0.1) is 12.4 Å². The van der Waals surface area contributed by atoms with Crippen molar-refractivity contribution in [1.82, 2.24) is 15.3 Å². The molecule has 1 aliphatic heterocycles. The molecule has 6 heteroatoms. The summed E-state index contributed by atoms with van der Waals surface area (Å²) < 4.78 is 11.1. The minimum atomic E-state index is 0. The molecule has 0 bridgehead atoms. The molecule has 1 N–H and O–H groups in total. The Balaban J connectivity index is 0.00000192. The predicted octanol–water partition coefficient (Wildman–Crippen LogP) is 3.22. The van der Waals surface area contributed by atoms with Gasteiger partial charge < -0.3 is 14.8 Å². The molecule has 1 aliphatic rings. The predicted molar refractivity (Wildman–Crippen MR) is 93.7 cm³/mol. The summed E-state index contributed by atoms with van der Waals surface area (Å²) in [5.74, 6) is 1.78. The smallest absolute Gasteiger partial charge is 0.278 e. The number of halogens is 1. The summed E-state index contributed by atoms with van der Waals surface area (Å²) in [7, 11) is 1.60. The van der Waals surface area contributed by atoms with E-state index in [-0.39, 0.29) is 12.4 Å². The first-order valence-corrected chi connectivity index (χ1v) is 8.01. The summed E-state index contributed by atoms with van der Waals surface area (Å²) in [6, 6.07) is 7.75. The lowest BCUT2D eigenvalue weighted by Crippen LogP contribution is -2.27. The fourth-order valence-corrected chi connectivity index (χ4v) is 2.91. The second kappa shape index (κ2) is 8.89. The maximum atomic E-state index is 5.81. The Morgan fingerprint density at radius 3 is 2.39 bits per heavy atom. The van der Waals surface area contributed by atoms with Gasteiger partial charge in [-0.2, -0.15) is 0 Å². The maximum absolute atomic E-state index is 5.81. The van der Waals surface area contributed by atoms with Crippen LogP contribution in [0.5, 0.6) is 11.8 Å². The van der Waals surface area contributed by atoms with Gasteiger partial charge >= 0.3 is 0 Å². The zero-order valence-electron chi connectivity index (χ0n) is 13.5. The molecule has 1 aromatic heterocycles. The van der Waals surface area contributed by atoms with Crippen LogP contribution in [0, 0.1) is 5.92 Å². The summed E-state index contributed by atoms with van der Waals surface area (Å²) in [6.07, 6.45) is 4.81. The summed E-state index contributed by atoms with van der Waals surface area (Å²) >= 11 is 0. The molecule has 0 aliphatic carbocycles. The van der Waals surface area contributed by atoms with E-state index in [0.717, 1.165) is 36.5 Å². The van der Waals surface area contributed by atoms with Crippen molar-refractivity contribution in [3.8, 4) is 11.8 Å². The Bertz CT molecular complexity index is 618. The number of fused-ring (bicyclic) bond motifs is 1. The molecule has 23 heavy (non-hydrogen) atoms. The first-order valence-electron chi connectivity index (χ1n) is 8.01. The Labute approximate surface area is 143 Å². The highest BCUT2D eigenvalue weighted by Gasteiger charge is 2.14. The van der Waals surface area contributed by atoms with Gasteiger partial charge in [-0.05, 0) is 56.8 Å². The maximum Gasteiger partial charge on any atom is 0.278 e. The van der Waals surface area contributed by atoms with Crippen LogP contribution in [0.4, 0.5) is 0 Å². The molecule has 1 saturated heterocycles. The van der Waals surface area contributed by atoms with Gasteiger partial charge in [0.1, 0.15) is 0 Å². The van der Waals surface area contributed by atoms with Gasteiger partial charge in [0.15, 0.2) is 0 Å². The van der Waals surface area contributed by atoms with Crippen LogP contribution in [0.25, 0.3) is 11.0 Å². The van der Waals surface area contributed by atoms with Crippen molar-refractivity contribution in [1.29, 1.82) is 0 Å². The van der Waals surface area contributed by atoms with Gasteiger partial charge in [0, 0.05) is 0 Å². The van der Waals surface area contributed by atoms with Gasteiger partial charge in [-0.1, -0.05) is 12.1 Å². The third-order valence-electron chi connectivity index (χ3n) is 4.16. The van der Waals surface area contributed by atoms with E-state index < -0.39 is 0 Å². The normalized spacial score (nSPS) is 15.2. The summed E-state index contributed by atoms with van der Waals surface area (Å²) in [5, 5.41) is 3.40. The molecular weight excluding hydrogens is 314 g/mol. The number of piperidine rings is 1. The van der Waals surface area contributed by atoms with Crippen molar-refractivity contribution >= 4 is 23.4 Å². The number of nitrogens with one attached hydrogen (secondary N) is 1. The average molecular weight is 338 g/mol.